The van der Waals surface area contributed by atoms with Crippen molar-refractivity contribution in [3.63, 3.8) is 0 Å². The first kappa shape index (κ1) is 19.5. The average molecular weight is 393 g/mol. The van der Waals surface area contributed by atoms with Gasteiger partial charge in [-0.3, -0.25) is 14.4 Å². The molecule has 1 aromatic rings. The van der Waals surface area contributed by atoms with E-state index < -0.39 is 61.2 Å². The first-order valence-electron chi connectivity index (χ1n) is 6.57. The van der Waals surface area contributed by atoms with Gasteiger partial charge in [0.15, 0.2) is 23.3 Å². The molecule has 1 aliphatic carbocycles. The van der Waals surface area contributed by atoms with E-state index in [4.69, 9.17) is 19.6 Å². The Morgan fingerprint density at radius 3 is 1.92 bits per heavy atom. The van der Waals surface area contributed by atoms with Crippen LogP contribution in [0.25, 0.3) is 0 Å². The van der Waals surface area contributed by atoms with Crippen LogP contribution in [0.15, 0.2) is 0 Å². The van der Waals surface area contributed by atoms with Crippen molar-refractivity contribution in [1.82, 2.24) is 5.32 Å². The largest absolute Gasteiger partial charge is 0.354 e. The molecule has 13 heteroatoms. The predicted molar refractivity (Wildman–Crippen MR) is 73.0 cm³/mol. The molecule has 0 amide bonds. The number of benzene rings is 1. The summed E-state index contributed by atoms with van der Waals surface area (Å²) in [6.45, 7) is 0. The van der Waals surface area contributed by atoms with Crippen LogP contribution >= 0.6 is 15.2 Å². The molecular weight excluding hydrogens is 380 g/mol. The lowest BCUT2D eigenvalue weighted by Gasteiger charge is -2.31. The Kier molecular flexibility index (Phi) is 5.28. The molecule has 0 heterocycles. The number of hydrogen-bond donors (Lipinski definition) is 5. The van der Waals surface area contributed by atoms with E-state index in [1.54, 1.807) is 0 Å². The minimum Gasteiger partial charge on any atom is -0.323 e. The molecule has 1 unspecified atom stereocenters. The van der Waals surface area contributed by atoms with Crippen LogP contribution in [-0.2, 0) is 15.6 Å². The zero-order valence-electron chi connectivity index (χ0n) is 11.8. The number of halogens is 4. The Morgan fingerprint density at radius 1 is 0.917 bits per heavy atom. The molecule has 0 fully saturated rings. The molecule has 0 saturated carbocycles. The maximum Gasteiger partial charge on any atom is 0.354 e. The Hall–Kier alpha value is -0.800. The molecule has 2 rings (SSSR count). The lowest BCUT2D eigenvalue weighted by Crippen LogP contribution is -2.36. The molecule has 0 bridgehead atoms. The topological polar surface area (TPSA) is 127 Å². The number of nitrogens with one attached hydrogen (secondary N) is 1. The van der Waals surface area contributed by atoms with Crippen molar-refractivity contribution >= 4 is 15.2 Å². The van der Waals surface area contributed by atoms with Gasteiger partial charge in [0.25, 0.3) is 0 Å². The summed E-state index contributed by atoms with van der Waals surface area (Å²) in [6.07, 6.45) is -0.185. The number of rotatable bonds is 4. The maximum atomic E-state index is 14.0. The van der Waals surface area contributed by atoms with E-state index in [0.29, 0.717) is 0 Å². The highest BCUT2D eigenvalue weighted by atomic mass is 31.2. The Bertz CT molecular complexity index is 742. The third kappa shape index (κ3) is 3.57. The van der Waals surface area contributed by atoms with Crippen molar-refractivity contribution in [2.75, 3.05) is 0 Å². The minimum atomic E-state index is -5.38. The van der Waals surface area contributed by atoms with Crippen LogP contribution in [0.3, 0.4) is 0 Å². The summed E-state index contributed by atoms with van der Waals surface area (Å²) in [5.74, 6) is -7.53. The second-order valence-electron chi connectivity index (χ2n) is 5.31. The van der Waals surface area contributed by atoms with E-state index in [0.717, 1.165) is 0 Å². The van der Waals surface area contributed by atoms with Gasteiger partial charge in [0.05, 0.1) is 0 Å². The molecular formula is C11H13F4NO6P2. The van der Waals surface area contributed by atoms with E-state index in [9.17, 15) is 26.7 Å². The highest BCUT2D eigenvalue weighted by Gasteiger charge is 2.46. The molecule has 0 radical (unpaired) electrons. The second-order valence-corrected chi connectivity index (χ2v) is 9.11. The average Bonchev–Trinajstić information content (AvgIpc) is 2.45. The second kappa shape index (κ2) is 6.49. The third-order valence-corrected chi connectivity index (χ3v) is 7.04. The lowest BCUT2D eigenvalue weighted by atomic mass is 9.86. The monoisotopic (exact) mass is 393 g/mol. The minimum absolute atomic E-state index is 0.0983. The van der Waals surface area contributed by atoms with Gasteiger partial charge in [-0.1, -0.05) is 0 Å². The van der Waals surface area contributed by atoms with Crippen LogP contribution in [0.2, 0.25) is 0 Å². The zero-order chi connectivity index (χ0) is 18.4. The van der Waals surface area contributed by atoms with E-state index >= 15 is 0 Å². The predicted octanol–water partition coefficient (Wildman–Crippen LogP) is 1.85. The molecule has 0 aliphatic heterocycles. The van der Waals surface area contributed by atoms with Crippen LogP contribution in [0.1, 0.15) is 30.0 Å². The van der Waals surface area contributed by atoms with Gasteiger partial charge in [-0.2, -0.15) is 0 Å². The van der Waals surface area contributed by atoms with Crippen LogP contribution in [0.4, 0.5) is 17.6 Å². The van der Waals surface area contributed by atoms with E-state index in [1.807, 2.05) is 5.32 Å². The Balaban J connectivity index is 2.54. The highest BCUT2D eigenvalue weighted by molar-refractivity contribution is 7.70. The standard InChI is InChI=1S/C11H13F4NO6P2/c12-7-4-2-1-3-5(6(4)8(13)10(15)9(7)14)16-11(23(17,18)19)24(20,21)22/h5,11,16H,1-3H2,(H2,17,18,19)(H2,20,21,22). The quantitative estimate of drug-likeness (QED) is 0.229. The van der Waals surface area contributed by atoms with E-state index in [1.165, 1.54) is 0 Å². The van der Waals surface area contributed by atoms with Crippen molar-refractivity contribution in [1.29, 1.82) is 0 Å². The fraction of sp³-hybridized carbons (Fsp3) is 0.455. The maximum absolute atomic E-state index is 14.0. The van der Waals surface area contributed by atoms with Gasteiger partial charge >= 0.3 is 15.2 Å². The molecule has 24 heavy (non-hydrogen) atoms. The summed E-state index contributed by atoms with van der Waals surface area (Å²) < 4.78 is 77.1. The summed E-state index contributed by atoms with van der Waals surface area (Å²) >= 11 is 0. The summed E-state index contributed by atoms with van der Waals surface area (Å²) in [5, 5.41) is 1.88. The first-order chi connectivity index (χ1) is 10.9. The van der Waals surface area contributed by atoms with Crippen molar-refractivity contribution in [2.45, 2.75) is 30.8 Å². The van der Waals surface area contributed by atoms with Gasteiger partial charge in [0, 0.05) is 11.6 Å². The summed E-state index contributed by atoms with van der Waals surface area (Å²) in [5.41, 5.74) is -3.95. The lowest BCUT2D eigenvalue weighted by molar-refractivity contribution is 0.309. The molecule has 0 aromatic heterocycles. The van der Waals surface area contributed by atoms with Gasteiger partial charge < -0.3 is 19.6 Å². The molecule has 0 spiro atoms. The molecule has 1 aromatic carbocycles. The fourth-order valence-electron chi connectivity index (χ4n) is 2.67. The van der Waals surface area contributed by atoms with E-state index in [2.05, 4.69) is 0 Å². The van der Waals surface area contributed by atoms with Crippen LogP contribution in [0, 0.1) is 23.3 Å². The normalized spacial score (nSPS) is 18.8. The molecule has 136 valence electrons. The number of hydrogen-bond acceptors (Lipinski definition) is 3. The fourth-order valence-corrected chi connectivity index (χ4v) is 4.98. The molecule has 0 saturated heterocycles. The van der Waals surface area contributed by atoms with Crippen LogP contribution < -0.4 is 5.32 Å². The van der Waals surface area contributed by atoms with Gasteiger partial charge in [0.2, 0.25) is 5.52 Å². The molecule has 5 N–H and O–H groups in total. The highest BCUT2D eigenvalue weighted by Crippen LogP contribution is 2.59. The molecule has 1 atom stereocenters. The van der Waals surface area contributed by atoms with Crippen LogP contribution in [0.5, 0.6) is 0 Å². The Morgan fingerprint density at radius 2 is 1.42 bits per heavy atom. The smallest absolute Gasteiger partial charge is 0.323 e. The summed E-state index contributed by atoms with van der Waals surface area (Å²) in [4.78, 5) is 36.3. The SMILES string of the molecule is O=P(O)(O)C(NC1CCCc2c(F)c(F)c(F)c(F)c21)P(=O)(O)O. The van der Waals surface area contributed by atoms with Crippen molar-refractivity contribution in [3.8, 4) is 0 Å². The van der Waals surface area contributed by atoms with Gasteiger partial charge in [-0.05, 0) is 24.8 Å². The van der Waals surface area contributed by atoms with E-state index in [-0.39, 0.29) is 19.3 Å². The van der Waals surface area contributed by atoms with Crippen LogP contribution in [-0.4, -0.2) is 25.1 Å². The first-order valence-corrected chi connectivity index (χ1v) is 9.93. The van der Waals surface area contributed by atoms with Crippen molar-refractivity contribution in [3.05, 3.63) is 34.4 Å². The van der Waals surface area contributed by atoms with Gasteiger partial charge in [-0.15, -0.1) is 0 Å². The Labute approximate surface area is 133 Å². The molecule has 1 aliphatic rings. The number of fused-ring (bicyclic) bond motifs is 1. The van der Waals surface area contributed by atoms with Gasteiger partial charge in [0.1, 0.15) is 0 Å². The van der Waals surface area contributed by atoms with Crippen molar-refractivity contribution < 1.29 is 46.3 Å². The molecule has 7 nitrogen and oxygen atoms in total. The van der Waals surface area contributed by atoms with Gasteiger partial charge in [-0.25, -0.2) is 17.6 Å². The zero-order valence-corrected chi connectivity index (χ0v) is 13.6. The van der Waals surface area contributed by atoms with Crippen molar-refractivity contribution in [2.24, 2.45) is 0 Å². The summed E-state index contributed by atoms with van der Waals surface area (Å²) in [6, 6.07) is -1.51. The summed E-state index contributed by atoms with van der Waals surface area (Å²) in [7, 11) is -10.8. The third-order valence-electron chi connectivity index (χ3n) is 3.66.